The summed E-state index contributed by atoms with van der Waals surface area (Å²) in [6.07, 6.45) is 9.18. The fourth-order valence-electron chi connectivity index (χ4n) is 3.51. The maximum Gasteiger partial charge on any atom is 0.127 e. The zero-order valence-corrected chi connectivity index (χ0v) is 15.7. The van der Waals surface area contributed by atoms with Crippen LogP contribution in [0.2, 0.25) is 0 Å². The van der Waals surface area contributed by atoms with Gasteiger partial charge in [-0.2, -0.15) is 5.10 Å². The van der Waals surface area contributed by atoms with Gasteiger partial charge in [-0.15, -0.1) is 0 Å². The number of hydrogen-bond donors (Lipinski definition) is 1. The smallest absolute Gasteiger partial charge is 0.127 e. The minimum atomic E-state index is -0.0620. The minimum Gasteiger partial charge on any atom is -0.488 e. The first kappa shape index (κ1) is 17.8. The lowest BCUT2D eigenvalue weighted by Crippen LogP contribution is -2.36. The molecular weight excluding hydrogens is 340 g/mol. The van der Waals surface area contributed by atoms with E-state index in [9.17, 15) is 0 Å². The van der Waals surface area contributed by atoms with E-state index in [1.807, 2.05) is 24.8 Å². The van der Waals surface area contributed by atoms with Gasteiger partial charge in [-0.05, 0) is 29.2 Å². The van der Waals surface area contributed by atoms with Crippen LogP contribution in [0.1, 0.15) is 30.6 Å². The summed E-state index contributed by atoms with van der Waals surface area (Å²) >= 11 is 0. The Bertz CT molecular complexity index is 777. The Hall–Kier alpha value is -2.60. The Morgan fingerprint density at radius 3 is 2.78 bits per heavy atom. The lowest BCUT2D eigenvalue weighted by atomic mass is 10.0. The highest BCUT2D eigenvalue weighted by molar-refractivity contribution is 5.62. The summed E-state index contributed by atoms with van der Waals surface area (Å²) in [6.45, 7) is 5.62. The highest BCUT2D eigenvalue weighted by Gasteiger charge is 2.19. The van der Waals surface area contributed by atoms with Gasteiger partial charge in [0.05, 0.1) is 25.6 Å². The summed E-state index contributed by atoms with van der Waals surface area (Å²) in [7, 11) is 0. The van der Waals surface area contributed by atoms with Crippen LogP contribution in [0, 0.1) is 5.92 Å². The minimum absolute atomic E-state index is 0.0620. The Labute approximate surface area is 159 Å². The molecule has 0 aliphatic carbocycles. The van der Waals surface area contributed by atoms with Crippen molar-refractivity contribution in [3.05, 3.63) is 59.7 Å². The molecule has 2 atom stereocenters. The van der Waals surface area contributed by atoms with Crippen LogP contribution in [0.3, 0.4) is 0 Å². The van der Waals surface area contributed by atoms with Crippen molar-refractivity contribution in [3.8, 4) is 0 Å². The second-order valence-corrected chi connectivity index (χ2v) is 7.18. The molecule has 1 fully saturated rings. The number of ether oxygens (including phenoxy) is 2. The standard InChI is InChI=1S/C21H26N4O2/c1-16-10-20(15-22-12-16)27-21(11-17-13-23-24-14-17)18-2-4-19(5-3-18)25-6-8-26-9-7-25/h2-5,12-16,21H,6-11H2,1H3,(H,23,24). The molecule has 2 aliphatic heterocycles. The molecule has 142 valence electrons. The first-order valence-electron chi connectivity index (χ1n) is 9.57. The van der Waals surface area contributed by atoms with E-state index in [1.54, 1.807) is 0 Å². The molecule has 27 heavy (non-hydrogen) atoms. The van der Waals surface area contributed by atoms with Gasteiger partial charge in [-0.25, -0.2) is 0 Å². The molecule has 0 radical (unpaired) electrons. The van der Waals surface area contributed by atoms with Crippen molar-refractivity contribution in [1.82, 2.24) is 10.2 Å². The summed E-state index contributed by atoms with van der Waals surface area (Å²) in [5, 5.41) is 6.95. The van der Waals surface area contributed by atoms with E-state index in [-0.39, 0.29) is 6.10 Å². The molecule has 2 unspecified atom stereocenters. The summed E-state index contributed by atoms with van der Waals surface area (Å²) in [4.78, 5) is 6.67. The number of morpholine rings is 1. The number of rotatable bonds is 6. The summed E-state index contributed by atoms with van der Waals surface area (Å²) < 4.78 is 11.8. The van der Waals surface area contributed by atoms with Crippen LogP contribution in [0.15, 0.2) is 53.6 Å². The second kappa shape index (κ2) is 8.39. The lowest BCUT2D eigenvalue weighted by molar-refractivity contribution is 0.106. The normalized spacial score (nSPS) is 21.0. The largest absolute Gasteiger partial charge is 0.488 e. The molecule has 0 saturated carbocycles. The molecular formula is C21H26N4O2. The van der Waals surface area contributed by atoms with Gasteiger partial charge in [0.15, 0.2) is 0 Å². The van der Waals surface area contributed by atoms with Gasteiger partial charge in [0.1, 0.15) is 11.9 Å². The molecule has 3 heterocycles. The number of allylic oxidation sites excluding steroid dienone is 1. The molecule has 1 aromatic heterocycles. The average molecular weight is 366 g/mol. The SMILES string of the molecule is CC1C=NC=C(OC(Cc2cn[nH]c2)c2ccc(N3CCOCC3)cc2)C1. The fraction of sp³-hybridized carbons (Fsp3) is 0.429. The maximum absolute atomic E-state index is 6.38. The van der Waals surface area contributed by atoms with Crippen LogP contribution in [0.25, 0.3) is 0 Å². The van der Waals surface area contributed by atoms with Gasteiger partial charge < -0.3 is 14.4 Å². The number of aliphatic imine (C=N–C) groups is 1. The molecule has 2 aliphatic rings. The van der Waals surface area contributed by atoms with Crippen molar-refractivity contribution in [3.63, 3.8) is 0 Å². The fourth-order valence-corrected chi connectivity index (χ4v) is 3.51. The Morgan fingerprint density at radius 1 is 1.26 bits per heavy atom. The summed E-state index contributed by atoms with van der Waals surface area (Å²) in [5.74, 6) is 1.35. The van der Waals surface area contributed by atoms with E-state index in [0.717, 1.165) is 56.0 Å². The van der Waals surface area contributed by atoms with Gasteiger partial charge in [-0.3, -0.25) is 10.1 Å². The van der Waals surface area contributed by atoms with Gasteiger partial charge in [0, 0.05) is 44.0 Å². The van der Waals surface area contributed by atoms with Gasteiger partial charge in [0.2, 0.25) is 0 Å². The average Bonchev–Trinajstić information content (AvgIpc) is 3.22. The quantitative estimate of drug-likeness (QED) is 0.850. The van der Waals surface area contributed by atoms with E-state index < -0.39 is 0 Å². The molecule has 0 bridgehead atoms. The second-order valence-electron chi connectivity index (χ2n) is 7.18. The van der Waals surface area contributed by atoms with Crippen LogP contribution in [-0.4, -0.2) is 42.7 Å². The van der Waals surface area contributed by atoms with Crippen LogP contribution in [0.5, 0.6) is 0 Å². The van der Waals surface area contributed by atoms with Crippen LogP contribution < -0.4 is 4.90 Å². The van der Waals surface area contributed by atoms with E-state index in [0.29, 0.717) is 5.92 Å². The Kier molecular flexibility index (Phi) is 5.53. The number of nitrogens with one attached hydrogen (secondary N) is 1. The molecule has 1 aromatic carbocycles. The van der Waals surface area contributed by atoms with E-state index in [1.165, 1.54) is 5.69 Å². The molecule has 1 saturated heterocycles. The summed E-state index contributed by atoms with van der Waals surface area (Å²) in [5.41, 5.74) is 3.53. The van der Waals surface area contributed by atoms with Crippen molar-refractivity contribution < 1.29 is 9.47 Å². The molecule has 2 aromatic rings. The lowest BCUT2D eigenvalue weighted by Gasteiger charge is -2.29. The predicted molar refractivity (Wildman–Crippen MR) is 106 cm³/mol. The molecule has 0 spiro atoms. The number of aromatic nitrogens is 2. The van der Waals surface area contributed by atoms with E-state index in [2.05, 4.69) is 51.3 Å². The van der Waals surface area contributed by atoms with Gasteiger partial charge >= 0.3 is 0 Å². The predicted octanol–water partition coefficient (Wildman–Crippen LogP) is 3.50. The van der Waals surface area contributed by atoms with Crippen LogP contribution in [-0.2, 0) is 15.9 Å². The van der Waals surface area contributed by atoms with Gasteiger partial charge in [-0.1, -0.05) is 19.1 Å². The molecule has 4 rings (SSSR count). The summed E-state index contributed by atoms with van der Waals surface area (Å²) in [6, 6.07) is 8.71. The third-order valence-electron chi connectivity index (χ3n) is 4.99. The number of aromatic amines is 1. The third kappa shape index (κ3) is 4.57. The molecule has 0 amide bonds. The van der Waals surface area contributed by atoms with Crippen molar-refractivity contribution >= 4 is 11.9 Å². The van der Waals surface area contributed by atoms with Gasteiger partial charge in [0.25, 0.3) is 0 Å². The van der Waals surface area contributed by atoms with Crippen molar-refractivity contribution in [1.29, 1.82) is 0 Å². The maximum atomic E-state index is 6.38. The van der Waals surface area contributed by atoms with E-state index >= 15 is 0 Å². The zero-order valence-electron chi connectivity index (χ0n) is 15.7. The molecule has 6 heteroatoms. The monoisotopic (exact) mass is 366 g/mol. The highest BCUT2D eigenvalue weighted by Crippen LogP contribution is 2.30. The molecule has 1 N–H and O–H groups in total. The topological polar surface area (TPSA) is 62.7 Å². The highest BCUT2D eigenvalue weighted by atomic mass is 16.5. The number of anilines is 1. The number of hydrogen-bond acceptors (Lipinski definition) is 5. The van der Waals surface area contributed by atoms with Crippen molar-refractivity contribution in [2.75, 3.05) is 31.2 Å². The van der Waals surface area contributed by atoms with E-state index in [4.69, 9.17) is 9.47 Å². The number of nitrogens with zero attached hydrogens (tertiary/aromatic N) is 3. The van der Waals surface area contributed by atoms with Crippen LogP contribution >= 0.6 is 0 Å². The number of H-pyrrole nitrogens is 1. The number of benzene rings is 1. The van der Waals surface area contributed by atoms with Crippen LogP contribution in [0.4, 0.5) is 5.69 Å². The first-order chi connectivity index (χ1) is 13.3. The first-order valence-corrected chi connectivity index (χ1v) is 9.57. The Morgan fingerprint density at radius 2 is 2.07 bits per heavy atom. The van der Waals surface area contributed by atoms with Crippen molar-refractivity contribution in [2.24, 2.45) is 10.9 Å². The Balaban J connectivity index is 1.52. The molecule has 6 nitrogen and oxygen atoms in total. The third-order valence-corrected chi connectivity index (χ3v) is 4.99. The van der Waals surface area contributed by atoms with Crippen molar-refractivity contribution in [2.45, 2.75) is 25.9 Å². The zero-order chi connectivity index (χ0) is 18.5.